The van der Waals surface area contributed by atoms with Crippen molar-refractivity contribution in [2.45, 2.75) is 38.5 Å². The molecule has 0 bridgehead atoms. The van der Waals surface area contributed by atoms with Crippen LogP contribution in [0.1, 0.15) is 20.3 Å². The lowest BCUT2D eigenvalue weighted by Gasteiger charge is -2.35. The van der Waals surface area contributed by atoms with Crippen LogP contribution in [0.5, 0.6) is 5.75 Å². The van der Waals surface area contributed by atoms with Crippen molar-refractivity contribution in [3.05, 3.63) is 24.3 Å². The molecule has 27 heavy (non-hydrogen) atoms. The van der Waals surface area contributed by atoms with Crippen LogP contribution in [-0.2, 0) is 14.3 Å². The number of nitrogens with one attached hydrogen (secondary N) is 2. The van der Waals surface area contributed by atoms with Crippen molar-refractivity contribution >= 4 is 17.6 Å². The van der Waals surface area contributed by atoms with Crippen LogP contribution in [0.15, 0.2) is 24.3 Å². The molecule has 1 aromatic rings. The van der Waals surface area contributed by atoms with E-state index in [9.17, 15) is 35.9 Å². The zero-order valence-electron chi connectivity index (χ0n) is 14.1. The predicted molar refractivity (Wildman–Crippen MR) is 80.6 cm³/mol. The zero-order valence-corrected chi connectivity index (χ0v) is 14.1. The molecule has 0 heterocycles. The minimum Gasteiger partial charge on any atom is -0.463 e. The van der Waals surface area contributed by atoms with E-state index >= 15 is 0 Å². The van der Waals surface area contributed by atoms with Crippen LogP contribution in [0.2, 0.25) is 0 Å². The molecule has 0 aliphatic heterocycles. The van der Waals surface area contributed by atoms with Gasteiger partial charge in [0.25, 0.3) is 0 Å². The van der Waals surface area contributed by atoms with Gasteiger partial charge in [-0.3, -0.25) is 4.79 Å². The third-order valence-corrected chi connectivity index (χ3v) is 3.07. The van der Waals surface area contributed by atoms with Gasteiger partial charge in [0.1, 0.15) is 5.75 Å². The first-order chi connectivity index (χ1) is 12.3. The minimum absolute atomic E-state index is 0.364. The molecule has 12 heteroatoms. The van der Waals surface area contributed by atoms with E-state index < -0.39 is 48.1 Å². The Hall–Kier alpha value is -2.66. The highest BCUT2D eigenvalue weighted by molar-refractivity contribution is 5.91. The number of rotatable bonds is 7. The fraction of sp³-hybridized carbons (Fsp3) is 0.467. The average molecular weight is 402 g/mol. The molecule has 1 rings (SSSR count). The maximum atomic E-state index is 13.7. The van der Waals surface area contributed by atoms with Crippen molar-refractivity contribution in [1.29, 1.82) is 0 Å². The van der Waals surface area contributed by atoms with Gasteiger partial charge in [-0.1, -0.05) is 6.92 Å². The summed E-state index contributed by atoms with van der Waals surface area (Å²) in [6.45, 7) is 2.13. The Labute approximate surface area is 149 Å². The van der Waals surface area contributed by atoms with E-state index in [2.05, 4.69) is 9.47 Å². The predicted octanol–water partition coefficient (Wildman–Crippen LogP) is 3.35. The summed E-state index contributed by atoms with van der Waals surface area (Å²) < 4.78 is 85.5. The summed E-state index contributed by atoms with van der Waals surface area (Å²) in [4.78, 5) is 23.6. The molecular formula is C15H16F6N2O4. The lowest BCUT2D eigenvalue weighted by molar-refractivity contribution is -0.274. The van der Waals surface area contributed by atoms with Gasteiger partial charge in [0, 0.05) is 12.1 Å². The van der Waals surface area contributed by atoms with E-state index in [1.54, 1.807) is 10.6 Å². The maximum Gasteiger partial charge on any atom is 0.573 e. The van der Waals surface area contributed by atoms with Gasteiger partial charge < -0.3 is 20.1 Å². The second kappa shape index (κ2) is 8.35. The third-order valence-electron chi connectivity index (χ3n) is 3.07. The van der Waals surface area contributed by atoms with Gasteiger partial charge in [0.05, 0.1) is 6.61 Å². The van der Waals surface area contributed by atoms with Gasteiger partial charge in [-0.25, -0.2) is 4.79 Å². The number of alkyl halides is 6. The number of hydrogen-bond donors (Lipinski definition) is 2. The van der Waals surface area contributed by atoms with E-state index in [4.69, 9.17) is 0 Å². The van der Waals surface area contributed by atoms with Gasteiger partial charge >= 0.3 is 24.2 Å². The summed E-state index contributed by atoms with van der Waals surface area (Å²) in [6, 6.07) is 3.12. The number of benzene rings is 1. The van der Waals surface area contributed by atoms with Crippen LogP contribution >= 0.6 is 0 Å². The van der Waals surface area contributed by atoms with Crippen molar-refractivity contribution < 1.29 is 45.4 Å². The number of ether oxygens (including phenoxy) is 2. The number of halogens is 6. The molecule has 0 aliphatic carbocycles. The first-order valence-corrected chi connectivity index (χ1v) is 7.53. The summed E-state index contributed by atoms with van der Waals surface area (Å²) >= 11 is 0. The fourth-order valence-corrected chi connectivity index (χ4v) is 1.88. The van der Waals surface area contributed by atoms with Gasteiger partial charge in [0.2, 0.25) is 5.91 Å². The summed E-state index contributed by atoms with van der Waals surface area (Å²) in [5.41, 5.74) is -4.03. The maximum absolute atomic E-state index is 13.7. The van der Waals surface area contributed by atoms with Crippen molar-refractivity contribution in [2.24, 2.45) is 0 Å². The second-order valence-electron chi connectivity index (χ2n) is 5.07. The number of esters is 1. The molecule has 0 aliphatic rings. The Balaban J connectivity index is 3.26. The van der Waals surface area contributed by atoms with Gasteiger partial charge in [-0.15, -0.1) is 13.2 Å². The van der Waals surface area contributed by atoms with Crippen molar-refractivity contribution in [2.75, 3.05) is 11.9 Å². The molecule has 0 radical (unpaired) electrons. The van der Waals surface area contributed by atoms with E-state index in [-0.39, 0.29) is 6.42 Å². The molecule has 2 N–H and O–H groups in total. The van der Waals surface area contributed by atoms with Crippen LogP contribution in [0.25, 0.3) is 0 Å². The second-order valence-corrected chi connectivity index (χ2v) is 5.07. The summed E-state index contributed by atoms with van der Waals surface area (Å²) in [5, 5.41) is 3.35. The quantitative estimate of drug-likeness (QED) is 0.416. The van der Waals surface area contributed by atoms with E-state index in [0.717, 1.165) is 24.3 Å². The standard InChI is InChI=1S/C15H16F6N2O4/c1-3-11(24)23-13(14(16,17)18,12(25)26-4-2)22-9-5-7-10(8-6-9)27-15(19,20)21/h5-8,22H,3-4H2,1-2H3,(H,23,24). The van der Waals surface area contributed by atoms with Gasteiger partial charge in [-0.2, -0.15) is 13.2 Å². The van der Waals surface area contributed by atoms with E-state index in [1.165, 1.54) is 13.8 Å². The summed E-state index contributed by atoms with van der Waals surface area (Å²) in [7, 11) is 0. The van der Waals surface area contributed by atoms with E-state index in [0.29, 0.717) is 0 Å². The molecule has 1 atom stereocenters. The normalized spacial score (nSPS) is 14.1. The van der Waals surface area contributed by atoms with Crippen LogP contribution in [-0.4, -0.2) is 36.7 Å². The highest BCUT2D eigenvalue weighted by Crippen LogP contribution is 2.34. The Kier molecular flexibility index (Phi) is 6.93. The van der Waals surface area contributed by atoms with Crippen LogP contribution < -0.4 is 15.4 Å². The largest absolute Gasteiger partial charge is 0.573 e. The molecule has 0 saturated heterocycles. The molecule has 1 amide bonds. The number of anilines is 1. The Morgan fingerprint density at radius 3 is 1.96 bits per heavy atom. The van der Waals surface area contributed by atoms with Gasteiger partial charge in [0.15, 0.2) is 0 Å². The summed E-state index contributed by atoms with van der Waals surface area (Å²) in [6.07, 6.45) is -10.7. The molecule has 1 unspecified atom stereocenters. The Morgan fingerprint density at radius 2 is 1.56 bits per heavy atom. The highest BCUT2D eigenvalue weighted by atomic mass is 19.4. The minimum atomic E-state index is -5.33. The SMILES string of the molecule is CCOC(=O)C(NC(=O)CC)(Nc1ccc(OC(F)(F)F)cc1)C(F)(F)F. The van der Waals surface area contributed by atoms with Crippen molar-refractivity contribution in [3.63, 3.8) is 0 Å². The first-order valence-electron chi connectivity index (χ1n) is 7.53. The first kappa shape index (κ1) is 22.4. The zero-order chi connectivity index (χ0) is 20.9. The number of carbonyl (C=O) groups is 2. The molecule has 6 nitrogen and oxygen atoms in total. The van der Waals surface area contributed by atoms with E-state index in [1.807, 2.05) is 0 Å². The highest BCUT2D eigenvalue weighted by Gasteiger charge is 2.63. The fourth-order valence-electron chi connectivity index (χ4n) is 1.88. The smallest absolute Gasteiger partial charge is 0.463 e. The molecular weight excluding hydrogens is 386 g/mol. The molecule has 0 fully saturated rings. The number of carbonyl (C=O) groups excluding carboxylic acids is 2. The molecule has 1 aromatic carbocycles. The van der Waals surface area contributed by atoms with Crippen LogP contribution in [0, 0.1) is 0 Å². The van der Waals surface area contributed by atoms with Crippen LogP contribution in [0.3, 0.4) is 0 Å². The Morgan fingerprint density at radius 1 is 1.00 bits per heavy atom. The number of hydrogen-bond acceptors (Lipinski definition) is 5. The lowest BCUT2D eigenvalue weighted by atomic mass is 10.1. The monoisotopic (exact) mass is 402 g/mol. The molecule has 0 spiro atoms. The molecule has 0 aromatic heterocycles. The number of amides is 1. The van der Waals surface area contributed by atoms with Crippen molar-refractivity contribution in [1.82, 2.24) is 5.32 Å². The van der Waals surface area contributed by atoms with Crippen molar-refractivity contribution in [3.8, 4) is 5.75 Å². The van der Waals surface area contributed by atoms with Gasteiger partial charge in [-0.05, 0) is 31.2 Å². The molecule has 152 valence electrons. The molecule has 0 saturated carbocycles. The lowest BCUT2D eigenvalue weighted by Crippen LogP contribution is -2.69. The third kappa shape index (κ3) is 5.93. The van der Waals surface area contributed by atoms with Crippen LogP contribution in [0.4, 0.5) is 32.0 Å². The average Bonchev–Trinajstić information content (AvgIpc) is 2.53. The topological polar surface area (TPSA) is 76.7 Å². The Bertz CT molecular complexity index is 660. The summed E-state index contributed by atoms with van der Waals surface area (Å²) in [5.74, 6) is -3.61.